The Morgan fingerprint density at radius 1 is 1.21 bits per heavy atom. The van der Waals surface area contributed by atoms with Gasteiger partial charge in [0.25, 0.3) is 0 Å². The zero-order chi connectivity index (χ0) is 23.0. The monoisotopic (exact) mass is 441 g/mol. The lowest BCUT2D eigenvalue weighted by Gasteiger charge is -2.20. The predicted octanol–water partition coefficient (Wildman–Crippen LogP) is 3.38. The number of nitrogens with zero attached hydrogens (tertiary/aromatic N) is 5. The van der Waals surface area contributed by atoms with Gasteiger partial charge in [-0.15, -0.1) is 0 Å². The minimum absolute atomic E-state index is 0.0159. The average Bonchev–Trinajstić information content (AvgIpc) is 3.28. The number of benzene rings is 1. The van der Waals surface area contributed by atoms with Gasteiger partial charge in [-0.05, 0) is 48.7 Å². The van der Waals surface area contributed by atoms with E-state index in [-0.39, 0.29) is 11.9 Å². The molecule has 1 amide bonds. The van der Waals surface area contributed by atoms with Crippen LogP contribution in [0.25, 0.3) is 0 Å². The first kappa shape index (κ1) is 22.2. The third-order valence-corrected chi connectivity index (χ3v) is 5.51. The van der Waals surface area contributed by atoms with Gasteiger partial charge in [-0.1, -0.05) is 19.4 Å². The molecule has 0 radical (unpaired) electrons. The molecule has 1 atom stereocenters. The molecule has 1 saturated heterocycles. The number of anilines is 3. The largest absolute Gasteiger partial charge is 0.354 e. The number of hydrogen-bond acceptors (Lipinski definition) is 7. The number of hydrogen-bond donors (Lipinski definition) is 2. The molecule has 33 heavy (non-hydrogen) atoms. The van der Waals surface area contributed by atoms with Gasteiger partial charge >= 0.3 is 0 Å². The molecule has 0 saturated carbocycles. The number of nitrogens with one attached hydrogen (secondary N) is 2. The predicted molar refractivity (Wildman–Crippen MR) is 127 cm³/mol. The van der Waals surface area contributed by atoms with Crippen LogP contribution in [-0.4, -0.2) is 40.0 Å². The second-order valence-corrected chi connectivity index (χ2v) is 8.14. The maximum absolute atomic E-state index is 12.5. The molecule has 3 heterocycles. The van der Waals surface area contributed by atoms with E-state index in [1.54, 1.807) is 24.5 Å². The molecule has 0 spiro atoms. The Hall–Kier alpha value is -3.99. The summed E-state index contributed by atoms with van der Waals surface area (Å²) in [7, 11) is 0. The van der Waals surface area contributed by atoms with Crippen molar-refractivity contribution in [3.05, 3.63) is 71.7 Å². The standard InChI is InChI=1S/C25H27N7O/c1-2-4-20-15-23(31-25(29-20)30-21-6-3-5-19(13-21)16-26)32-12-9-22(17-32)28-24(33)14-18-7-10-27-11-8-18/h3,5-8,10-11,13,15,22H,2,4,9,12,14,17H2,1H3,(H,28,33)(H,29,30,31)/t22-/m0/s1. The van der Waals surface area contributed by atoms with Gasteiger partial charge in [0.1, 0.15) is 5.82 Å². The van der Waals surface area contributed by atoms with E-state index in [1.807, 2.05) is 30.3 Å². The second kappa shape index (κ2) is 10.6. The molecule has 1 aliphatic heterocycles. The first-order valence-electron chi connectivity index (χ1n) is 11.2. The van der Waals surface area contributed by atoms with Crippen LogP contribution in [0.1, 0.15) is 36.6 Å². The van der Waals surface area contributed by atoms with E-state index >= 15 is 0 Å². The van der Waals surface area contributed by atoms with E-state index < -0.39 is 0 Å². The Morgan fingerprint density at radius 3 is 2.85 bits per heavy atom. The summed E-state index contributed by atoms with van der Waals surface area (Å²) in [5, 5.41) is 15.5. The molecule has 0 aliphatic carbocycles. The summed E-state index contributed by atoms with van der Waals surface area (Å²) in [5.41, 5.74) is 3.27. The van der Waals surface area contributed by atoms with Crippen LogP contribution >= 0.6 is 0 Å². The van der Waals surface area contributed by atoms with Gasteiger partial charge < -0.3 is 15.5 Å². The van der Waals surface area contributed by atoms with E-state index in [0.717, 1.165) is 48.6 Å². The minimum atomic E-state index is 0.0159. The minimum Gasteiger partial charge on any atom is -0.354 e. The molecule has 8 heteroatoms. The van der Waals surface area contributed by atoms with Gasteiger partial charge in [0.15, 0.2) is 0 Å². The third kappa shape index (κ3) is 6.04. The molecule has 2 N–H and O–H groups in total. The van der Waals surface area contributed by atoms with E-state index in [4.69, 9.17) is 10.2 Å². The van der Waals surface area contributed by atoms with Crippen LogP contribution in [0.4, 0.5) is 17.5 Å². The molecule has 2 aromatic heterocycles. The number of carbonyl (C=O) groups excluding carboxylic acids is 1. The fourth-order valence-electron chi connectivity index (χ4n) is 3.93. The van der Waals surface area contributed by atoms with E-state index in [1.165, 1.54) is 0 Å². The van der Waals surface area contributed by atoms with Gasteiger partial charge in [0.2, 0.25) is 11.9 Å². The fraction of sp³-hybridized carbons (Fsp3) is 0.320. The van der Waals surface area contributed by atoms with Crippen molar-refractivity contribution < 1.29 is 4.79 Å². The number of pyridine rings is 1. The summed E-state index contributed by atoms with van der Waals surface area (Å²) >= 11 is 0. The Morgan fingerprint density at radius 2 is 2.06 bits per heavy atom. The highest BCUT2D eigenvalue weighted by Gasteiger charge is 2.25. The lowest BCUT2D eigenvalue weighted by atomic mass is 10.2. The zero-order valence-electron chi connectivity index (χ0n) is 18.7. The van der Waals surface area contributed by atoms with Crippen LogP contribution in [0, 0.1) is 11.3 Å². The maximum Gasteiger partial charge on any atom is 0.229 e. The van der Waals surface area contributed by atoms with Gasteiger partial charge in [-0.2, -0.15) is 10.2 Å². The van der Waals surface area contributed by atoms with Crippen LogP contribution in [0.2, 0.25) is 0 Å². The van der Waals surface area contributed by atoms with Crippen molar-refractivity contribution in [3.8, 4) is 6.07 Å². The van der Waals surface area contributed by atoms with Crippen LogP contribution in [-0.2, 0) is 17.6 Å². The highest BCUT2D eigenvalue weighted by molar-refractivity contribution is 5.79. The van der Waals surface area contributed by atoms with E-state index in [9.17, 15) is 4.79 Å². The first-order valence-corrected chi connectivity index (χ1v) is 11.2. The maximum atomic E-state index is 12.5. The summed E-state index contributed by atoms with van der Waals surface area (Å²) in [6.07, 6.45) is 6.44. The highest BCUT2D eigenvalue weighted by atomic mass is 16.1. The van der Waals surface area contributed by atoms with Gasteiger partial charge in [-0.25, -0.2) is 4.98 Å². The molecule has 3 aromatic rings. The Kier molecular flexibility index (Phi) is 7.10. The third-order valence-electron chi connectivity index (χ3n) is 5.51. The topological polar surface area (TPSA) is 107 Å². The summed E-state index contributed by atoms with van der Waals surface area (Å²) in [6, 6.07) is 15.2. The highest BCUT2D eigenvalue weighted by Crippen LogP contribution is 2.23. The summed E-state index contributed by atoms with van der Waals surface area (Å²) in [5.74, 6) is 1.37. The van der Waals surface area contributed by atoms with Crippen molar-refractivity contribution in [2.45, 2.75) is 38.6 Å². The molecule has 0 bridgehead atoms. The van der Waals surface area contributed by atoms with Crippen LogP contribution < -0.4 is 15.5 Å². The molecule has 1 aliphatic rings. The number of nitriles is 1. The van der Waals surface area contributed by atoms with Crippen molar-refractivity contribution in [2.24, 2.45) is 0 Å². The molecule has 168 valence electrons. The zero-order valence-corrected chi connectivity index (χ0v) is 18.7. The van der Waals surface area contributed by atoms with Crippen molar-refractivity contribution in [3.63, 3.8) is 0 Å². The van der Waals surface area contributed by atoms with Gasteiger partial charge in [0.05, 0.1) is 18.1 Å². The summed E-state index contributed by atoms with van der Waals surface area (Å²) in [6.45, 7) is 3.63. The number of aromatic nitrogens is 3. The average molecular weight is 442 g/mol. The summed E-state index contributed by atoms with van der Waals surface area (Å²) in [4.78, 5) is 28.0. The van der Waals surface area contributed by atoms with Crippen molar-refractivity contribution >= 4 is 23.4 Å². The Bertz CT molecular complexity index is 1140. The molecule has 4 rings (SSSR count). The fourth-order valence-corrected chi connectivity index (χ4v) is 3.93. The summed E-state index contributed by atoms with van der Waals surface area (Å²) < 4.78 is 0. The molecule has 1 fully saturated rings. The SMILES string of the molecule is CCCc1cc(N2CC[C@H](NC(=O)Cc3ccncc3)C2)nc(Nc2cccc(C#N)c2)n1. The van der Waals surface area contributed by atoms with Gasteiger partial charge in [0, 0.05) is 49.0 Å². The number of rotatable bonds is 8. The van der Waals surface area contributed by atoms with Crippen LogP contribution in [0.5, 0.6) is 0 Å². The normalized spacial score (nSPS) is 15.2. The van der Waals surface area contributed by atoms with Crippen molar-refractivity contribution in [1.82, 2.24) is 20.3 Å². The first-order chi connectivity index (χ1) is 16.1. The molecular weight excluding hydrogens is 414 g/mol. The number of carbonyl (C=O) groups is 1. The molecule has 8 nitrogen and oxygen atoms in total. The lowest BCUT2D eigenvalue weighted by molar-refractivity contribution is -0.121. The van der Waals surface area contributed by atoms with Crippen LogP contribution in [0.15, 0.2) is 54.9 Å². The van der Waals surface area contributed by atoms with E-state index in [0.29, 0.717) is 24.5 Å². The lowest BCUT2D eigenvalue weighted by Crippen LogP contribution is -2.38. The Labute approximate surface area is 193 Å². The Balaban J connectivity index is 1.44. The quantitative estimate of drug-likeness (QED) is 0.552. The van der Waals surface area contributed by atoms with Crippen LogP contribution in [0.3, 0.4) is 0 Å². The molecular formula is C25H27N7O. The second-order valence-electron chi connectivity index (χ2n) is 8.14. The van der Waals surface area contributed by atoms with Crippen molar-refractivity contribution in [2.75, 3.05) is 23.3 Å². The number of aryl methyl sites for hydroxylation is 1. The van der Waals surface area contributed by atoms with Gasteiger partial charge in [-0.3, -0.25) is 9.78 Å². The van der Waals surface area contributed by atoms with Crippen molar-refractivity contribution in [1.29, 1.82) is 5.26 Å². The van der Waals surface area contributed by atoms with E-state index in [2.05, 4.69) is 38.5 Å². The number of amides is 1. The molecule has 0 unspecified atom stereocenters. The molecule has 1 aromatic carbocycles. The smallest absolute Gasteiger partial charge is 0.229 e.